The van der Waals surface area contributed by atoms with Gasteiger partial charge < -0.3 is 5.11 Å². The number of allylic oxidation sites excluding steroid dienone is 3. The maximum atomic E-state index is 13.2. The molecular weight excluding hydrogens is 343 g/mol. The van der Waals surface area contributed by atoms with Crippen LogP contribution in [0.3, 0.4) is 0 Å². The van der Waals surface area contributed by atoms with Crippen molar-refractivity contribution in [2.75, 3.05) is 0 Å². The Bertz CT molecular complexity index is 822. The predicted octanol–water partition coefficient (Wildman–Crippen LogP) is 2.72. The molecule has 0 aliphatic heterocycles. The molecule has 24 heavy (non-hydrogen) atoms. The van der Waals surface area contributed by atoms with Crippen molar-refractivity contribution >= 4 is 10.0 Å². The monoisotopic (exact) mass is 361 g/mol. The average Bonchev–Trinajstić information content (AvgIpc) is 2.90. The maximum absolute atomic E-state index is 13.2. The van der Waals surface area contributed by atoms with E-state index in [9.17, 15) is 26.7 Å². The lowest BCUT2D eigenvalue weighted by molar-refractivity contribution is -0.263. The van der Waals surface area contributed by atoms with Gasteiger partial charge in [0.05, 0.1) is 0 Å². The highest BCUT2D eigenvalue weighted by Gasteiger charge is 2.56. The molecule has 0 spiro atoms. The highest BCUT2D eigenvalue weighted by atomic mass is 32.2. The van der Waals surface area contributed by atoms with E-state index in [0.29, 0.717) is 5.56 Å². The van der Waals surface area contributed by atoms with Crippen LogP contribution in [-0.4, -0.2) is 34.0 Å². The molecule has 0 bridgehead atoms. The van der Waals surface area contributed by atoms with Gasteiger partial charge in [-0.3, -0.25) is 0 Å². The van der Waals surface area contributed by atoms with E-state index in [1.165, 1.54) is 25.3 Å². The van der Waals surface area contributed by atoms with E-state index < -0.39 is 39.4 Å². The summed E-state index contributed by atoms with van der Waals surface area (Å²) in [4.78, 5) is 0. The lowest BCUT2D eigenvalue weighted by Crippen LogP contribution is -2.50. The summed E-state index contributed by atoms with van der Waals surface area (Å²) in [5.41, 5.74) is -2.34. The van der Waals surface area contributed by atoms with Crippen molar-refractivity contribution in [2.24, 2.45) is 0 Å². The van der Waals surface area contributed by atoms with Crippen molar-refractivity contribution in [3.63, 3.8) is 0 Å². The number of halogens is 3. The Hall–Kier alpha value is -1.54. The van der Waals surface area contributed by atoms with Crippen LogP contribution in [0.4, 0.5) is 13.2 Å². The number of hydrogen-bond acceptors (Lipinski definition) is 3. The molecule has 2 aliphatic carbocycles. The lowest BCUT2D eigenvalue weighted by Gasteiger charge is -2.35. The average molecular weight is 361 g/mol. The molecule has 0 saturated heterocycles. The summed E-state index contributed by atoms with van der Waals surface area (Å²) in [5, 5.41) is 9.98. The van der Waals surface area contributed by atoms with E-state index in [1.807, 2.05) is 0 Å². The van der Waals surface area contributed by atoms with Crippen LogP contribution in [0.25, 0.3) is 0 Å². The second-order valence-electron chi connectivity index (χ2n) is 6.60. The van der Waals surface area contributed by atoms with Crippen LogP contribution in [0, 0.1) is 0 Å². The molecule has 0 saturated carbocycles. The van der Waals surface area contributed by atoms with Gasteiger partial charge in [-0.25, -0.2) is 12.4 Å². The number of fused-ring (bicyclic) bond motifs is 1. The first-order chi connectivity index (χ1) is 11.0. The van der Waals surface area contributed by atoms with E-state index in [-0.39, 0.29) is 18.5 Å². The molecule has 132 valence electrons. The Kier molecular flexibility index (Phi) is 3.76. The van der Waals surface area contributed by atoms with Crippen molar-refractivity contribution in [3.8, 4) is 0 Å². The Labute approximate surface area is 138 Å². The van der Waals surface area contributed by atoms with E-state index in [4.69, 9.17) is 0 Å². The summed E-state index contributed by atoms with van der Waals surface area (Å²) in [6.07, 6.45) is 2.07. The molecule has 0 radical (unpaired) electrons. The second kappa shape index (κ2) is 5.23. The molecule has 3 rings (SSSR count). The van der Waals surface area contributed by atoms with E-state index in [0.717, 1.165) is 3.97 Å². The Morgan fingerprint density at radius 3 is 2.58 bits per heavy atom. The Balaban J connectivity index is 2.06. The quantitative estimate of drug-likeness (QED) is 0.881. The van der Waals surface area contributed by atoms with Crippen LogP contribution in [-0.2, 0) is 22.9 Å². The third kappa shape index (κ3) is 2.43. The van der Waals surface area contributed by atoms with Gasteiger partial charge in [0, 0.05) is 18.3 Å². The van der Waals surface area contributed by atoms with Crippen molar-refractivity contribution in [3.05, 3.63) is 47.8 Å². The largest absolute Gasteiger partial charge is 0.417 e. The number of nitrogens with zero attached hydrogens (tertiary/aromatic N) is 1. The molecule has 2 aliphatic rings. The molecular formula is C16H18F3NO3S. The normalized spacial score (nSPS) is 30.4. The zero-order valence-corrected chi connectivity index (χ0v) is 13.9. The third-order valence-corrected chi connectivity index (χ3v) is 7.25. The zero-order valence-electron chi connectivity index (χ0n) is 13.0. The third-order valence-electron chi connectivity index (χ3n) is 4.91. The summed E-state index contributed by atoms with van der Waals surface area (Å²) in [6.45, 7) is 1.54. The molecule has 2 unspecified atom stereocenters. The van der Waals surface area contributed by atoms with Gasteiger partial charge in [0.25, 0.3) is 0 Å². The minimum atomic E-state index is -4.80. The smallest absolute Gasteiger partial charge is 0.380 e. The van der Waals surface area contributed by atoms with Crippen molar-refractivity contribution in [1.82, 2.24) is 3.97 Å². The van der Waals surface area contributed by atoms with Crippen LogP contribution >= 0.6 is 0 Å². The first kappa shape index (κ1) is 17.3. The fourth-order valence-electron chi connectivity index (χ4n) is 3.20. The van der Waals surface area contributed by atoms with Crippen molar-refractivity contribution < 1.29 is 26.7 Å². The van der Waals surface area contributed by atoms with Gasteiger partial charge in [-0.05, 0) is 37.8 Å². The maximum Gasteiger partial charge on any atom is 0.417 e. The molecule has 0 amide bonds. The van der Waals surface area contributed by atoms with E-state index >= 15 is 0 Å². The number of hydrogen-bond donors (Lipinski definition) is 1. The first-order valence-corrected chi connectivity index (χ1v) is 9.02. The number of alkyl halides is 3. The SMILES string of the molecule is CC1(S(=O)(=O)n2ccc3c2CC(O)(C(F)(F)F)CC3)C=CC=CC1. The molecule has 2 atom stereocenters. The lowest BCUT2D eigenvalue weighted by atomic mass is 9.83. The molecule has 1 aromatic rings. The highest BCUT2D eigenvalue weighted by Crippen LogP contribution is 2.42. The summed E-state index contributed by atoms with van der Waals surface area (Å²) in [7, 11) is -3.96. The van der Waals surface area contributed by atoms with E-state index in [1.54, 1.807) is 18.2 Å². The van der Waals surface area contributed by atoms with Gasteiger partial charge in [0.2, 0.25) is 10.0 Å². The second-order valence-corrected chi connectivity index (χ2v) is 8.87. The summed E-state index contributed by atoms with van der Waals surface area (Å²) in [5.74, 6) is 0. The van der Waals surface area contributed by atoms with Crippen LogP contribution in [0.2, 0.25) is 0 Å². The standard InChI is InChI=1S/C16H18F3NO3S/c1-14(7-3-2-4-8-14)24(22,23)20-10-6-12-5-9-15(21,11-13(12)20)16(17,18)19/h2-4,6-7,10,21H,5,8-9,11H2,1H3. The van der Waals surface area contributed by atoms with Crippen LogP contribution in [0.5, 0.6) is 0 Å². The molecule has 0 aromatic carbocycles. The number of aliphatic hydroxyl groups is 1. The zero-order chi connectivity index (χ0) is 17.8. The first-order valence-electron chi connectivity index (χ1n) is 7.58. The minimum absolute atomic E-state index is 0.0136. The van der Waals surface area contributed by atoms with Crippen molar-refractivity contribution in [1.29, 1.82) is 0 Å². The molecule has 1 N–H and O–H groups in total. The summed E-state index contributed by atoms with van der Waals surface area (Å²) >= 11 is 0. The Morgan fingerprint density at radius 1 is 1.29 bits per heavy atom. The summed E-state index contributed by atoms with van der Waals surface area (Å²) < 4.78 is 65.2. The Morgan fingerprint density at radius 2 is 2.00 bits per heavy atom. The fourth-order valence-corrected chi connectivity index (χ4v) is 4.90. The predicted molar refractivity (Wildman–Crippen MR) is 83.1 cm³/mol. The highest BCUT2D eigenvalue weighted by molar-refractivity contribution is 7.91. The molecule has 4 nitrogen and oxygen atoms in total. The van der Waals surface area contributed by atoms with Crippen LogP contribution in [0.1, 0.15) is 31.0 Å². The van der Waals surface area contributed by atoms with Gasteiger partial charge in [-0.2, -0.15) is 13.2 Å². The molecule has 1 aromatic heterocycles. The van der Waals surface area contributed by atoms with Crippen LogP contribution in [0.15, 0.2) is 36.6 Å². The molecule has 0 fully saturated rings. The molecule has 1 heterocycles. The summed E-state index contributed by atoms with van der Waals surface area (Å²) in [6, 6.07) is 1.52. The van der Waals surface area contributed by atoms with Gasteiger partial charge in [0.1, 0.15) is 4.75 Å². The van der Waals surface area contributed by atoms with E-state index in [2.05, 4.69) is 0 Å². The number of aromatic nitrogens is 1. The topological polar surface area (TPSA) is 59.3 Å². The van der Waals surface area contributed by atoms with Gasteiger partial charge >= 0.3 is 6.18 Å². The molecule has 8 heteroatoms. The van der Waals surface area contributed by atoms with Gasteiger partial charge in [-0.1, -0.05) is 24.3 Å². The van der Waals surface area contributed by atoms with Crippen LogP contribution < -0.4 is 0 Å². The number of aryl methyl sites for hydroxylation is 1. The fraction of sp³-hybridized carbons (Fsp3) is 0.500. The van der Waals surface area contributed by atoms with Crippen molar-refractivity contribution in [2.45, 2.75) is 49.1 Å². The van der Waals surface area contributed by atoms with Gasteiger partial charge in [-0.15, -0.1) is 0 Å². The number of rotatable bonds is 2. The van der Waals surface area contributed by atoms with Gasteiger partial charge in [0.15, 0.2) is 5.60 Å². The minimum Gasteiger partial charge on any atom is -0.380 e.